The molecule has 1 aromatic carbocycles. The number of allylic oxidation sites excluding steroid dienone is 1. The number of amides is 1. The van der Waals surface area contributed by atoms with Crippen LogP contribution >= 0.6 is 0 Å². The topological polar surface area (TPSA) is 84.0 Å². The van der Waals surface area contributed by atoms with Gasteiger partial charge in [-0.3, -0.25) is 9.59 Å². The van der Waals surface area contributed by atoms with Gasteiger partial charge in [0.1, 0.15) is 5.70 Å². The standard InChI is InChI=1S/C15H14N4O2/c1-11(20)13(10-18-15-16-8-5-9-17-15)19-14(21)12-6-3-2-4-7-12/h2-10H,1H3,(H,19,21)(H,16,17,18)/b13-10-. The Hall–Kier alpha value is -3.02. The van der Waals surface area contributed by atoms with Crippen molar-refractivity contribution in [2.45, 2.75) is 6.92 Å². The van der Waals surface area contributed by atoms with Crippen molar-refractivity contribution in [1.82, 2.24) is 15.3 Å². The molecule has 1 amide bonds. The highest BCUT2D eigenvalue weighted by atomic mass is 16.2. The van der Waals surface area contributed by atoms with Gasteiger partial charge in [0.15, 0.2) is 5.78 Å². The van der Waals surface area contributed by atoms with Crippen molar-refractivity contribution in [2.24, 2.45) is 0 Å². The van der Waals surface area contributed by atoms with Crippen LogP contribution in [0.25, 0.3) is 0 Å². The summed E-state index contributed by atoms with van der Waals surface area (Å²) in [5, 5.41) is 5.32. The van der Waals surface area contributed by atoms with Gasteiger partial charge in [-0.2, -0.15) is 0 Å². The molecule has 0 bridgehead atoms. The van der Waals surface area contributed by atoms with E-state index in [-0.39, 0.29) is 17.4 Å². The van der Waals surface area contributed by atoms with E-state index in [9.17, 15) is 9.59 Å². The second-order valence-corrected chi connectivity index (χ2v) is 4.15. The van der Waals surface area contributed by atoms with E-state index in [1.54, 1.807) is 42.7 Å². The van der Waals surface area contributed by atoms with Crippen LogP contribution in [-0.4, -0.2) is 21.7 Å². The lowest BCUT2D eigenvalue weighted by Crippen LogP contribution is -2.27. The first-order valence-corrected chi connectivity index (χ1v) is 6.28. The monoisotopic (exact) mass is 282 g/mol. The minimum Gasteiger partial charge on any atom is -0.329 e. The molecule has 0 aliphatic rings. The number of Topliss-reactive ketones (excluding diaryl/α,β-unsaturated/α-hetero) is 1. The summed E-state index contributed by atoms with van der Waals surface area (Å²) in [6, 6.07) is 10.3. The van der Waals surface area contributed by atoms with Crippen LogP contribution in [-0.2, 0) is 4.79 Å². The lowest BCUT2D eigenvalue weighted by atomic mass is 10.2. The Balaban J connectivity index is 2.09. The molecule has 0 aliphatic heterocycles. The Morgan fingerprint density at radius 3 is 2.33 bits per heavy atom. The maximum Gasteiger partial charge on any atom is 0.255 e. The zero-order valence-corrected chi connectivity index (χ0v) is 11.4. The quantitative estimate of drug-likeness (QED) is 0.816. The van der Waals surface area contributed by atoms with Crippen LogP contribution in [0.15, 0.2) is 60.7 Å². The molecule has 6 nitrogen and oxygen atoms in total. The fourth-order valence-electron chi connectivity index (χ4n) is 1.52. The van der Waals surface area contributed by atoms with Gasteiger partial charge in [0.05, 0.1) is 0 Å². The van der Waals surface area contributed by atoms with E-state index in [0.717, 1.165) is 0 Å². The third-order valence-corrected chi connectivity index (χ3v) is 2.57. The van der Waals surface area contributed by atoms with Gasteiger partial charge in [-0.15, -0.1) is 0 Å². The molecular formula is C15H14N4O2. The number of carbonyl (C=O) groups is 2. The average Bonchev–Trinajstić information content (AvgIpc) is 2.52. The highest BCUT2D eigenvalue weighted by Gasteiger charge is 2.10. The molecule has 0 spiro atoms. The lowest BCUT2D eigenvalue weighted by molar-refractivity contribution is -0.113. The number of hydrogen-bond donors (Lipinski definition) is 2. The van der Waals surface area contributed by atoms with E-state index in [2.05, 4.69) is 20.6 Å². The van der Waals surface area contributed by atoms with Crippen molar-refractivity contribution >= 4 is 17.6 Å². The molecule has 2 aromatic rings. The lowest BCUT2D eigenvalue weighted by Gasteiger charge is -2.07. The molecule has 1 aromatic heterocycles. The summed E-state index contributed by atoms with van der Waals surface area (Å²) in [5.41, 5.74) is 0.608. The molecule has 0 unspecified atom stereocenters. The fraction of sp³-hybridized carbons (Fsp3) is 0.0667. The second kappa shape index (κ2) is 6.95. The number of nitrogens with zero attached hydrogens (tertiary/aromatic N) is 2. The van der Waals surface area contributed by atoms with Crippen molar-refractivity contribution in [3.8, 4) is 0 Å². The molecule has 0 atom stereocenters. The van der Waals surface area contributed by atoms with Crippen LogP contribution in [0.5, 0.6) is 0 Å². The summed E-state index contributed by atoms with van der Waals surface area (Å²) >= 11 is 0. The first-order valence-electron chi connectivity index (χ1n) is 6.28. The van der Waals surface area contributed by atoms with Crippen molar-refractivity contribution in [3.05, 3.63) is 66.3 Å². The van der Waals surface area contributed by atoms with Gasteiger partial charge >= 0.3 is 0 Å². The molecule has 0 saturated heterocycles. The molecule has 21 heavy (non-hydrogen) atoms. The summed E-state index contributed by atoms with van der Waals surface area (Å²) in [6.45, 7) is 1.37. The zero-order valence-electron chi connectivity index (χ0n) is 11.4. The van der Waals surface area contributed by atoms with Crippen molar-refractivity contribution in [1.29, 1.82) is 0 Å². The molecular weight excluding hydrogens is 268 g/mol. The summed E-state index contributed by atoms with van der Waals surface area (Å²) in [7, 11) is 0. The molecule has 2 rings (SSSR count). The molecule has 0 aliphatic carbocycles. The number of anilines is 1. The highest BCUT2D eigenvalue weighted by molar-refractivity contribution is 6.02. The van der Waals surface area contributed by atoms with Gasteiger partial charge in [0.2, 0.25) is 5.95 Å². The van der Waals surface area contributed by atoms with Crippen LogP contribution in [0.2, 0.25) is 0 Å². The molecule has 1 heterocycles. The molecule has 106 valence electrons. The van der Waals surface area contributed by atoms with Crippen molar-refractivity contribution < 1.29 is 9.59 Å². The molecule has 6 heteroatoms. The van der Waals surface area contributed by atoms with E-state index >= 15 is 0 Å². The van der Waals surface area contributed by atoms with Crippen LogP contribution in [0.1, 0.15) is 17.3 Å². The Morgan fingerprint density at radius 2 is 1.71 bits per heavy atom. The Bertz CT molecular complexity index is 654. The largest absolute Gasteiger partial charge is 0.329 e. The van der Waals surface area contributed by atoms with Crippen LogP contribution in [0, 0.1) is 0 Å². The van der Waals surface area contributed by atoms with E-state index in [1.807, 2.05) is 6.07 Å². The minimum absolute atomic E-state index is 0.135. The number of ketones is 1. The van der Waals surface area contributed by atoms with Gasteiger partial charge in [0.25, 0.3) is 5.91 Å². The highest BCUT2D eigenvalue weighted by Crippen LogP contribution is 2.02. The predicted octanol–water partition coefficient (Wildman–Crippen LogP) is 1.75. The minimum atomic E-state index is -0.354. The third-order valence-electron chi connectivity index (χ3n) is 2.57. The maximum atomic E-state index is 12.0. The average molecular weight is 282 g/mol. The van der Waals surface area contributed by atoms with Gasteiger partial charge in [-0.1, -0.05) is 18.2 Å². The number of hydrogen-bond acceptors (Lipinski definition) is 5. The number of carbonyl (C=O) groups excluding carboxylic acids is 2. The zero-order chi connectivity index (χ0) is 15.1. The van der Waals surface area contributed by atoms with E-state index in [0.29, 0.717) is 11.5 Å². The Kier molecular flexibility index (Phi) is 4.76. The van der Waals surface area contributed by atoms with Crippen LogP contribution in [0.4, 0.5) is 5.95 Å². The first-order chi connectivity index (χ1) is 10.2. The molecule has 0 fully saturated rings. The van der Waals surface area contributed by atoms with Crippen LogP contribution < -0.4 is 10.6 Å². The summed E-state index contributed by atoms with van der Waals surface area (Å²) in [5.74, 6) is -0.291. The Labute approximate surface area is 121 Å². The van der Waals surface area contributed by atoms with Gasteiger partial charge in [-0.25, -0.2) is 9.97 Å². The second-order valence-electron chi connectivity index (χ2n) is 4.15. The molecule has 0 radical (unpaired) electrons. The van der Waals surface area contributed by atoms with Gasteiger partial charge < -0.3 is 10.6 Å². The number of nitrogens with one attached hydrogen (secondary N) is 2. The van der Waals surface area contributed by atoms with E-state index < -0.39 is 0 Å². The number of aromatic nitrogens is 2. The fourth-order valence-corrected chi connectivity index (χ4v) is 1.52. The number of rotatable bonds is 5. The molecule has 0 saturated carbocycles. The van der Waals surface area contributed by atoms with Crippen LogP contribution in [0.3, 0.4) is 0 Å². The smallest absolute Gasteiger partial charge is 0.255 e. The number of benzene rings is 1. The van der Waals surface area contributed by atoms with E-state index in [1.165, 1.54) is 13.1 Å². The molecule has 2 N–H and O–H groups in total. The van der Waals surface area contributed by atoms with E-state index in [4.69, 9.17) is 0 Å². The summed E-state index contributed by atoms with van der Waals surface area (Å²) in [6.07, 6.45) is 4.51. The first kappa shape index (κ1) is 14.4. The van der Waals surface area contributed by atoms with Crippen molar-refractivity contribution in [3.63, 3.8) is 0 Å². The van der Waals surface area contributed by atoms with Crippen molar-refractivity contribution in [2.75, 3.05) is 5.32 Å². The summed E-state index contributed by atoms with van der Waals surface area (Å²) < 4.78 is 0. The van der Waals surface area contributed by atoms with Gasteiger partial charge in [-0.05, 0) is 18.2 Å². The van der Waals surface area contributed by atoms with Gasteiger partial charge in [0, 0.05) is 31.1 Å². The predicted molar refractivity (Wildman–Crippen MR) is 78.3 cm³/mol. The summed E-state index contributed by atoms with van der Waals surface area (Å²) in [4.78, 5) is 31.5. The maximum absolute atomic E-state index is 12.0. The SMILES string of the molecule is CC(=O)/C(=C/Nc1ncccn1)NC(=O)c1ccccc1. The Morgan fingerprint density at radius 1 is 1.05 bits per heavy atom. The third kappa shape index (κ3) is 4.24. The normalized spacial score (nSPS) is 10.8.